The molecule has 0 aromatic heterocycles. The molecule has 1 unspecified atom stereocenters. The van der Waals surface area contributed by atoms with Crippen LogP contribution in [0.4, 0.5) is 0 Å². The van der Waals surface area contributed by atoms with Crippen LogP contribution < -0.4 is 9.61 Å². The van der Waals surface area contributed by atoms with Crippen LogP contribution in [0.5, 0.6) is 5.75 Å². The third kappa shape index (κ3) is 10.2. The second-order valence-corrected chi connectivity index (χ2v) is 6.25. The number of hydrogen-bond acceptors (Lipinski definition) is 4. The van der Waals surface area contributed by atoms with E-state index in [9.17, 15) is 4.79 Å². The van der Waals surface area contributed by atoms with Gasteiger partial charge in [-0.3, -0.25) is 5.09 Å². The lowest BCUT2D eigenvalue weighted by atomic mass is 10.3. The number of carbonyl (C=O) groups is 1. The summed E-state index contributed by atoms with van der Waals surface area (Å²) in [5, 5.41) is 3.71. The van der Waals surface area contributed by atoms with Crippen LogP contribution in [-0.4, -0.2) is 32.2 Å². The van der Waals surface area contributed by atoms with Gasteiger partial charge in [-0.25, -0.2) is 0 Å². The molecule has 0 aliphatic rings. The van der Waals surface area contributed by atoms with Gasteiger partial charge < -0.3 is 14.1 Å². The highest BCUT2D eigenvalue weighted by atomic mass is 35.5. The molecule has 0 heterocycles. The second kappa shape index (κ2) is 11.0. The molecule has 0 fully saturated rings. The molecule has 0 aliphatic carbocycles. The van der Waals surface area contributed by atoms with Crippen molar-refractivity contribution in [3.63, 3.8) is 0 Å². The molecule has 0 bridgehead atoms. The second-order valence-electron chi connectivity index (χ2n) is 4.38. The van der Waals surface area contributed by atoms with E-state index in [1.165, 1.54) is 0 Å². The normalized spacial score (nSPS) is 13.2. The van der Waals surface area contributed by atoms with Crippen LogP contribution in [0, 0.1) is 0 Å². The highest BCUT2D eigenvalue weighted by molar-refractivity contribution is 7.49. The summed E-state index contributed by atoms with van der Waals surface area (Å²) in [6.07, 6.45) is 1.24. The van der Waals surface area contributed by atoms with Crippen molar-refractivity contribution in [2.45, 2.75) is 32.9 Å². The molecular formula is C14H23ClNO3P. The fourth-order valence-electron chi connectivity index (χ4n) is 0.997. The number of halogens is 1. The van der Waals surface area contributed by atoms with Crippen molar-refractivity contribution in [3.05, 3.63) is 29.3 Å². The smallest absolute Gasteiger partial charge is 0.158 e. The minimum Gasteiger partial charge on any atom is -0.459 e. The number of ether oxygens (including phenoxy) is 1. The number of rotatable bonds is 6. The van der Waals surface area contributed by atoms with Crippen molar-refractivity contribution in [1.29, 1.82) is 0 Å². The van der Waals surface area contributed by atoms with Gasteiger partial charge in [-0.15, -0.1) is 0 Å². The van der Waals surface area contributed by atoms with Crippen LogP contribution in [0.25, 0.3) is 0 Å². The summed E-state index contributed by atoms with van der Waals surface area (Å²) in [5.41, 5.74) is 0. The summed E-state index contributed by atoms with van der Waals surface area (Å²) < 4.78 is 10.3. The van der Waals surface area contributed by atoms with Crippen molar-refractivity contribution in [2.75, 3.05) is 13.8 Å². The maximum atomic E-state index is 10.4. The molecular weight excluding hydrogens is 297 g/mol. The SMILES string of the molecule is COC(C)C.C[C@@H](C=O)NP(C)Oc1ccc(Cl)cc1. The molecule has 4 nitrogen and oxygen atoms in total. The first kappa shape index (κ1) is 19.3. The van der Waals surface area contributed by atoms with Crippen molar-refractivity contribution in [1.82, 2.24) is 5.09 Å². The molecule has 2 atom stereocenters. The minimum atomic E-state index is -0.836. The summed E-state index contributed by atoms with van der Waals surface area (Å²) in [7, 11) is 0.863. The number of carbonyl (C=O) groups excluding carboxylic acids is 1. The van der Waals surface area contributed by atoms with E-state index in [0.717, 1.165) is 12.0 Å². The molecule has 0 aliphatic heterocycles. The number of methoxy groups -OCH3 is 1. The number of nitrogens with one attached hydrogen (secondary N) is 1. The number of aldehydes is 1. The Morgan fingerprint density at radius 3 is 2.15 bits per heavy atom. The highest BCUT2D eigenvalue weighted by Crippen LogP contribution is 2.30. The summed E-state index contributed by atoms with van der Waals surface area (Å²) in [5.74, 6) is 0.749. The van der Waals surface area contributed by atoms with Gasteiger partial charge in [0.2, 0.25) is 0 Å². The highest BCUT2D eigenvalue weighted by Gasteiger charge is 2.07. The summed E-state index contributed by atoms with van der Waals surface area (Å²) in [4.78, 5) is 10.4. The zero-order valence-corrected chi connectivity index (χ0v) is 14.2. The van der Waals surface area contributed by atoms with E-state index < -0.39 is 8.30 Å². The van der Waals surface area contributed by atoms with E-state index >= 15 is 0 Å². The molecule has 0 saturated heterocycles. The van der Waals surface area contributed by atoms with E-state index in [4.69, 9.17) is 20.9 Å². The van der Waals surface area contributed by atoms with Gasteiger partial charge in [-0.05, 0) is 45.0 Å². The minimum absolute atomic E-state index is 0.187. The predicted octanol–water partition coefficient (Wildman–Crippen LogP) is 3.88. The summed E-state index contributed by atoms with van der Waals surface area (Å²) in [6.45, 7) is 7.70. The fourth-order valence-corrected chi connectivity index (χ4v) is 2.25. The number of benzene rings is 1. The van der Waals surface area contributed by atoms with Crippen LogP contribution in [0.15, 0.2) is 24.3 Å². The van der Waals surface area contributed by atoms with Crippen LogP contribution in [0.1, 0.15) is 20.8 Å². The Hall–Kier alpha value is -0.670. The Morgan fingerprint density at radius 2 is 1.75 bits per heavy atom. The van der Waals surface area contributed by atoms with E-state index in [2.05, 4.69) is 5.09 Å². The van der Waals surface area contributed by atoms with Gasteiger partial charge in [0.25, 0.3) is 0 Å². The summed E-state index contributed by atoms with van der Waals surface area (Å²) in [6, 6.07) is 6.95. The molecule has 0 saturated carbocycles. The third-order valence-electron chi connectivity index (χ3n) is 2.12. The van der Waals surface area contributed by atoms with Gasteiger partial charge in [-0.2, -0.15) is 0 Å². The van der Waals surface area contributed by atoms with Gasteiger partial charge in [0.15, 0.2) is 8.30 Å². The Labute approximate surface area is 127 Å². The monoisotopic (exact) mass is 319 g/mol. The predicted molar refractivity (Wildman–Crippen MR) is 85.7 cm³/mol. The van der Waals surface area contributed by atoms with Gasteiger partial charge in [0, 0.05) is 18.8 Å². The van der Waals surface area contributed by atoms with E-state index in [0.29, 0.717) is 11.1 Å². The molecule has 114 valence electrons. The number of hydrogen-bond donors (Lipinski definition) is 1. The first-order valence-corrected chi connectivity index (χ1v) is 8.39. The average molecular weight is 320 g/mol. The first-order valence-electron chi connectivity index (χ1n) is 6.30. The lowest BCUT2D eigenvalue weighted by Crippen LogP contribution is -2.23. The lowest BCUT2D eigenvalue weighted by molar-refractivity contribution is -0.108. The molecule has 0 spiro atoms. The molecule has 1 rings (SSSR count). The molecule has 20 heavy (non-hydrogen) atoms. The Kier molecular flexibility index (Phi) is 10.7. The maximum absolute atomic E-state index is 10.4. The molecule has 1 aromatic carbocycles. The van der Waals surface area contributed by atoms with Gasteiger partial charge in [0.05, 0.1) is 12.1 Å². The van der Waals surface area contributed by atoms with Crippen molar-refractivity contribution in [2.24, 2.45) is 0 Å². The first-order chi connectivity index (χ1) is 9.38. The topological polar surface area (TPSA) is 47.6 Å². The fraction of sp³-hybridized carbons (Fsp3) is 0.500. The largest absolute Gasteiger partial charge is 0.459 e. The van der Waals surface area contributed by atoms with E-state index in [1.807, 2.05) is 20.5 Å². The molecule has 1 aromatic rings. The standard InChI is InChI=1S/C10H13ClNO2P.C4H10O/c1-8(7-13)12-15(2)14-10-5-3-9(11)4-6-10;1-4(2)5-3/h3-8,12H,1-2H3;4H,1-3H3/t8-,15?;/m0./s1. The Balaban J connectivity index is 0.000000621. The Morgan fingerprint density at radius 1 is 1.25 bits per heavy atom. The van der Waals surface area contributed by atoms with Crippen molar-refractivity contribution in [3.8, 4) is 5.75 Å². The van der Waals surface area contributed by atoms with Crippen LogP contribution in [0.2, 0.25) is 5.02 Å². The zero-order valence-electron chi connectivity index (χ0n) is 12.6. The Bertz CT molecular complexity index is 373. The van der Waals surface area contributed by atoms with Crippen molar-refractivity contribution >= 4 is 26.2 Å². The van der Waals surface area contributed by atoms with Crippen LogP contribution in [0.3, 0.4) is 0 Å². The van der Waals surface area contributed by atoms with E-state index in [1.54, 1.807) is 38.3 Å². The van der Waals surface area contributed by atoms with E-state index in [-0.39, 0.29) is 6.04 Å². The lowest BCUT2D eigenvalue weighted by Gasteiger charge is -2.16. The molecule has 0 amide bonds. The summed E-state index contributed by atoms with van der Waals surface area (Å²) >= 11 is 5.74. The van der Waals surface area contributed by atoms with Gasteiger partial charge in [0.1, 0.15) is 12.0 Å². The van der Waals surface area contributed by atoms with Crippen molar-refractivity contribution < 1.29 is 14.1 Å². The van der Waals surface area contributed by atoms with Crippen LogP contribution in [-0.2, 0) is 9.53 Å². The quantitative estimate of drug-likeness (QED) is 0.638. The third-order valence-corrected chi connectivity index (χ3v) is 3.62. The average Bonchev–Trinajstić information content (AvgIpc) is 2.41. The zero-order chi connectivity index (χ0) is 15.5. The van der Waals surface area contributed by atoms with Gasteiger partial charge in [-0.1, -0.05) is 11.6 Å². The van der Waals surface area contributed by atoms with Crippen LogP contribution >= 0.6 is 19.9 Å². The van der Waals surface area contributed by atoms with Gasteiger partial charge >= 0.3 is 0 Å². The molecule has 0 radical (unpaired) electrons. The molecule has 1 N–H and O–H groups in total. The maximum Gasteiger partial charge on any atom is 0.158 e. The molecule has 6 heteroatoms.